The highest BCUT2D eigenvalue weighted by molar-refractivity contribution is 5.97. The molecule has 0 heterocycles. The van der Waals surface area contributed by atoms with Crippen molar-refractivity contribution in [3.8, 4) is 0 Å². The highest BCUT2D eigenvalue weighted by atomic mass is 16.6. The molecule has 0 aliphatic rings. The monoisotopic (exact) mass is 314 g/mol. The summed E-state index contributed by atoms with van der Waals surface area (Å²) in [5.74, 6) is -1.19. The molecule has 0 aliphatic heterocycles. The van der Waals surface area contributed by atoms with Crippen molar-refractivity contribution in [2.75, 3.05) is 5.32 Å². The van der Waals surface area contributed by atoms with Crippen LogP contribution < -0.4 is 5.32 Å². The molecule has 1 unspecified atom stereocenters. The Morgan fingerprint density at radius 2 is 1.70 bits per heavy atom. The number of nitro benzene ring substituents is 1. The quantitative estimate of drug-likeness (QED) is 0.520. The van der Waals surface area contributed by atoms with Gasteiger partial charge in [-0.25, -0.2) is 4.79 Å². The normalized spacial score (nSPS) is 11.3. The molecule has 0 bridgehead atoms. The Morgan fingerprint density at radius 1 is 1.09 bits per heavy atom. The average molecular weight is 314 g/mol. The molecule has 7 nitrogen and oxygen atoms in total. The fourth-order valence-electron chi connectivity index (χ4n) is 1.77. The number of nitro groups is 1. The van der Waals surface area contributed by atoms with Crippen molar-refractivity contribution in [2.24, 2.45) is 0 Å². The molecule has 0 aromatic heterocycles. The van der Waals surface area contributed by atoms with Crippen molar-refractivity contribution < 1.29 is 19.2 Å². The number of carbonyl (C=O) groups excluding carboxylic acids is 2. The molecular formula is C16H14N2O5. The lowest BCUT2D eigenvalue weighted by atomic mass is 10.2. The predicted octanol–water partition coefficient (Wildman–Crippen LogP) is 2.78. The number of esters is 1. The van der Waals surface area contributed by atoms with Gasteiger partial charge in [0.25, 0.3) is 11.6 Å². The first-order chi connectivity index (χ1) is 11.0. The molecule has 118 valence electrons. The minimum Gasteiger partial charge on any atom is -0.449 e. The Labute approximate surface area is 132 Å². The molecule has 1 atom stereocenters. The first-order valence-electron chi connectivity index (χ1n) is 6.78. The van der Waals surface area contributed by atoms with Crippen molar-refractivity contribution in [2.45, 2.75) is 13.0 Å². The maximum atomic E-state index is 11.9. The summed E-state index contributed by atoms with van der Waals surface area (Å²) < 4.78 is 5.05. The number of anilines is 1. The van der Waals surface area contributed by atoms with Gasteiger partial charge in [0.05, 0.1) is 10.5 Å². The Hall–Kier alpha value is -3.22. The highest BCUT2D eigenvalue weighted by Crippen LogP contribution is 2.14. The molecular weight excluding hydrogens is 300 g/mol. The summed E-state index contributed by atoms with van der Waals surface area (Å²) in [5.41, 5.74) is 0.599. The summed E-state index contributed by atoms with van der Waals surface area (Å²) >= 11 is 0. The molecule has 0 fully saturated rings. The molecule has 2 aromatic rings. The second-order valence-electron chi connectivity index (χ2n) is 4.71. The SMILES string of the molecule is CC(OC(=O)c1ccc([N+](=O)[O-])cc1)C(=O)Nc1ccccc1. The second kappa shape index (κ2) is 7.17. The van der Waals surface area contributed by atoms with E-state index >= 15 is 0 Å². The van der Waals surface area contributed by atoms with Crippen LogP contribution in [0.3, 0.4) is 0 Å². The van der Waals surface area contributed by atoms with Crippen LogP contribution in [-0.4, -0.2) is 22.9 Å². The van der Waals surface area contributed by atoms with Crippen LogP contribution in [0, 0.1) is 10.1 Å². The van der Waals surface area contributed by atoms with Crippen molar-refractivity contribution in [1.82, 2.24) is 0 Å². The summed E-state index contributed by atoms with van der Waals surface area (Å²) in [4.78, 5) is 33.9. The number of benzene rings is 2. The van der Waals surface area contributed by atoms with E-state index in [1.54, 1.807) is 24.3 Å². The van der Waals surface area contributed by atoms with Crippen LogP contribution in [0.5, 0.6) is 0 Å². The summed E-state index contributed by atoms with van der Waals surface area (Å²) in [5, 5.41) is 13.2. The molecule has 2 aromatic carbocycles. The van der Waals surface area contributed by atoms with Gasteiger partial charge < -0.3 is 10.1 Å². The van der Waals surface area contributed by atoms with Crippen molar-refractivity contribution in [3.05, 3.63) is 70.3 Å². The number of nitrogens with zero attached hydrogens (tertiary/aromatic N) is 1. The third-order valence-corrected chi connectivity index (χ3v) is 3.01. The summed E-state index contributed by atoms with van der Waals surface area (Å²) in [7, 11) is 0. The van der Waals surface area contributed by atoms with Crippen LogP contribution in [0.2, 0.25) is 0 Å². The highest BCUT2D eigenvalue weighted by Gasteiger charge is 2.19. The van der Waals surface area contributed by atoms with Crippen molar-refractivity contribution in [1.29, 1.82) is 0 Å². The molecule has 0 saturated carbocycles. The van der Waals surface area contributed by atoms with Crippen LogP contribution in [0.15, 0.2) is 54.6 Å². The van der Waals surface area contributed by atoms with Gasteiger partial charge >= 0.3 is 5.97 Å². The second-order valence-corrected chi connectivity index (χ2v) is 4.71. The van der Waals surface area contributed by atoms with Gasteiger partial charge in [-0.3, -0.25) is 14.9 Å². The molecule has 23 heavy (non-hydrogen) atoms. The zero-order chi connectivity index (χ0) is 16.8. The molecule has 0 saturated heterocycles. The third kappa shape index (κ3) is 4.37. The lowest BCUT2D eigenvalue weighted by molar-refractivity contribution is -0.384. The Balaban J connectivity index is 1.96. The van der Waals surface area contributed by atoms with E-state index in [9.17, 15) is 19.7 Å². The summed E-state index contributed by atoms with van der Waals surface area (Å²) in [6.45, 7) is 1.45. The topological polar surface area (TPSA) is 98.5 Å². The van der Waals surface area contributed by atoms with Crippen molar-refractivity contribution in [3.63, 3.8) is 0 Å². The van der Waals surface area contributed by atoms with Gasteiger partial charge in [0, 0.05) is 17.8 Å². The summed E-state index contributed by atoms with van der Waals surface area (Å²) in [6, 6.07) is 13.7. The third-order valence-electron chi connectivity index (χ3n) is 3.01. The van der Waals surface area contributed by atoms with Gasteiger partial charge in [0.15, 0.2) is 6.10 Å². The number of non-ortho nitro benzene ring substituents is 1. The van der Waals surface area contributed by atoms with E-state index < -0.39 is 22.9 Å². The smallest absolute Gasteiger partial charge is 0.338 e. The van der Waals surface area contributed by atoms with E-state index in [-0.39, 0.29) is 11.3 Å². The van der Waals surface area contributed by atoms with E-state index in [0.717, 1.165) is 0 Å². The van der Waals surface area contributed by atoms with Gasteiger partial charge in [-0.15, -0.1) is 0 Å². The molecule has 1 N–H and O–H groups in total. The molecule has 0 aliphatic carbocycles. The predicted molar refractivity (Wildman–Crippen MR) is 83.0 cm³/mol. The van der Waals surface area contributed by atoms with E-state index in [1.807, 2.05) is 6.07 Å². The maximum Gasteiger partial charge on any atom is 0.338 e. The van der Waals surface area contributed by atoms with E-state index in [2.05, 4.69) is 5.32 Å². The Morgan fingerprint density at radius 3 is 2.26 bits per heavy atom. The van der Waals surface area contributed by atoms with E-state index in [4.69, 9.17) is 4.74 Å². The van der Waals surface area contributed by atoms with Gasteiger partial charge in [-0.05, 0) is 31.2 Å². The molecule has 2 rings (SSSR count). The zero-order valence-corrected chi connectivity index (χ0v) is 12.3. The first kappa shape index (κ1) is 16.2. The first-order valence-corrected chi connectivity index (χ1v) is 6.78. The molecule has 0 radical (unpaired) electrons. The number of rotatable bonds is 5. The number of para-hydroxylation sites is 1. The standard InChI is InChI=1S/C16H14N2O5/c1-11(15(19)17-13-5-3-2-4-6-13)23-16(20)12-7-9-14(10-8-12)18(21)22/h2-11H,1H3,(H,17,19). The fraction of sp³-hybridized carbons (Fsp3) is 0.125. The summed E-state index contributed by atoms with van der Waals surface area (Å²) in [6.07, 6.45) is -1.00. The van der Waals surface area contributed by atoms with Gasteiger partial charge in [-0.2, -0.15) is 0 Å². The number of nitrogens with one attached hydrogen (secondary N) is 1. The lowest BCUT2D eigenvalue weighted by Gasteiger charge is -2.13. The molecule has 1 amide bonds. The number of hydrogen-bond acceptors (Lipinski definition) is 5. The number of ether oxygens (including phenoxy) is 1. The van der Waals surface area contributed by atoms with Crippen LogP contribution >= 0.6 is 0 Å². The maximum absolute atomic E-state index is 11.9. The van der Waals surface area contributed by atoms with Crippen LogP contribution in [0.1, 0.15) is 17.3 Å². The zero-order valence-electron chi connectivity index (χ0n) is 12.3. The minimum atomic E-state index is -1.00. The van der Waals surface area contributed by atoms with Crippen molar-refractivity contribution >= 4 is 23.3 Å². The van der Waals surface area contributed by atoms with E-state index in [1.165, 1.54) is 31.2 Å². The van der Waals surface area contributed by atoms with Crippen LogP contribution in [0.25, 0.3) is 0 Å². The molecule has 7 heteroatoms. The lowest BCUT2D eigenvalue weighted by Crippen LogP contribution is -2.29. The number of amides is 1. The average Bonchev–Trinajstić information content (AvgIpc) is 2.55. The number of hydrogen-bond donors (Lipinski definition) is 1. The largest absolute Gasteiger partial charge is 0.449 e. The van der Waals surface area contributed by atoms with E-state index in [0.29, 0.717) is 5.69 Å². The van der Waals surface area contributed by atoms with Crippen LogP contribution in [-0.2, 0) is 9.53 Å². The van der Waals surface area contributed by atoms with Gasteiger partial charge in [0.2, 0.25) is 0 Å². The Kier molecular flexibility index (Phi) is 5.03. The van der Waals surface area contributed by atoms with Gasteiger partial charge in [-0.1, -0.05) is 18.2 Å². The minimum absolute atomic E-state index is 0.128. The van der Waals surface area contributed by atoms with Crippen LogP contribution in [0.4, 0.5) is 11.4 Å². The fourth-order valence-corrected chi connectivity index (χ4v) is 1.77. The van der Waals surface area contributed by atoms with Gasteiger partial charge in [0.1, 0.15) is 0 Å². The number of carbonyl (C=O) groups is 2. The Bertz CT molecular complexity index is 713. The molecule has 0 spiro atoms.